The summed E-state index contributed by atoms with van der Waals surface area (Å²) in [6, 6.07) is -0.354. The molecule has 0 aromatic carbocycles. The SMILES string of the molecule is CC(C(=O)O)C1CCN1S(C)(=O)=O. The van der Waals surface area contributed by atoms with E-state index in [9.17, 15) is 13.2 Å². The van der Waals surface area contributed by atoms with Gasteiger partial charge in [-0.1, -0.05) is 6.92 Å². The average molecular weight is 207 g/mol. The molecule has 0 aromatic rings. The molecule has 1 fully saturated rings. The van der Waals surface area contributed by atoms with E-state index in [0.717, 1.165) is 6.26 Å². The summed E-state index contributed by atoms with van der Waals surface area (Å²) in [6.45, 7) is 1.98. The number of nitrogens with zero attached hydrogens (tertiary/aromatic N) is 1. The minimum absolute atomic E-state index is 0.354. The summed E-state index contributed by atoms with van der Waals surface area (Å²) < 4.78 is 23.4. The first-order chi connectivity index (χ1) is 5.84. The summed E-state index contributed by atoms with van der Waals surface area (Å²) in [5.74, 6) is -1.57. The number of hydrogen-bond acceptors (Lipinski definition) is 3. The summed E-state index contributed by atoms with van der Waals surface area (Å²) in [6.07, 6.45) is 1.74. The van der Waals surface area contributed by atoms with E-state index in [1.807, 2.05) is 0 Å². The lowest BCUT2D eigenvalue weighted by Crippen LogP contribution is -2.55. The van der Waals surface area contributed by atoms with Crippen molar-refractivity contribution in [1.82, 2.24) is 4.31 Å². The van der Waals surface area contributed by atoms with Gasteiger partial charge in [0.1, 0.15) is 0 Å². The molecule has 5 nitrogen and oxygen atoms in total. The van der Waals surface area contributed by atoms with Gasteiger partial charge in [0.05, 0.1) is 12.2 Å². The van der Waals surface area contributed by atoms with Crippen LogP contribution in [0.3, 0.4) is 0 Å². The van der Waals surface area contributed by atoms with Crippen LogP contribution in [0.2, 0.25) is 0 Å². The minimum Gasteiger partial charge on any atom is -0.481 e. The highest BCUT2D eigenvalue weighted by Crippen LogP contribution is 2.27. The molecule has 0 aromatic heterocycles. The lowest BCUT2D eigenvalue weighted by molar-refractivity contribution is -0.144. The Balaban J connectivity index is 2.71. The molecule has 1 N–H and O–H groups in total. The minimum atomic E-state index is -3.22. The zero-order valence-corrected chi connectivity index (χ0v) is 8.41. The number of carboxylic acid groups (broad SMARTS) is 1. The smallest absolute Gasteiger partial charge is 0.307 e. The number of carbonyl (C=O) groups is 1. The molecule has 0 bridgehead atoms. The normalized spacial score (nSPS) is 26.5. The summed E-state index contributed by atoms with van der Waals surface area (Å²) in [4.78, 5) is 10.6. The lowest BCUT2D eigenvalue weighted by atomic mass is 9.93. The molecule has 1 rings (SSSR count). The van der Waals surface area contributed by atoms with E-state index >= 15 is 0 Å². The Morgan fingerprint density at radius 3 is 2.38 bits per heavy atom. The molecule has 1 saturated heterocycles. The van der Waals surface area contributed by atoms with Crippen LogP contribution in [0, 0.1) is 5.92 Å². The number of aliphatic carboxylic acids is 1. The number of rotatable bonds is 3. The second-order valence-electron chi connectivity index (χ2n) is 3.36. The van der Waals surface area contributed by atoms with Crippen molar-refractivity contribution >= 4 is 16.0 Å². The van der Waals surface area contributed by atoms with Gasteiger partial charge < -0.3 is 5.11 Å². The van der Waals surface area contributed by atoms with E-state index in [0.29, 0.717) is 13.0 Å². The third-order valence-corrected chi connectivity index (χ3v) is 3.71. The monoisotopic (exact) mass is 207 g/mol. The zero-order valence-electron chi connectivity index (χ0n) is 7.60. The molecule has 0 saturated carbocycles. The Morgan fingerprint density at radius 1 is 1.62 bits per heavy atom. The first-order valence-electron chi connectivity index (χ1n) is 4.03. The van der Waals surface area contributed by atoms with Gasteiger partial charge in [0.2, 0.25) is 10.0 Å². The van der Waals surface area contributed by atoms with Gasteiger partial charge >= 0.3 is 5.97 Å². The fourth-order valence-electron chi connectivity index (χ4n) is 1.46. The topological polar surface area (TPSA) is 74.7 Å². The fraction of sp³-hybridized carbons (Fsp3) is 0.857. The Bertz CT molecular complexity index is 310. The van der Waals surface area contributed by atoms with Crippen molar-refractivity contribution in [3.63, 3.8) is 0 Å². The Hall–Kier alpha value is -0.620. The zero-order chi connectivity index (χ0) is 10.2. The largest absolute Gasteiger partial charge is 0.481 e. The molecule has 0 amide bonds. The third kappa shape index (κ3) is 2.00. The van der Waals surface area contributed by atoms with Crippen LogP contribution in [-0.4, -0.2) is 42.6 Å². The van der Waals surface area contributed by atoms with Crippen molar-refractivity contribution in [1.29, 1.82) is 0 Å². The predicted octanol–water partition coefficient (Wildman–Crippen LogP) is -0.259. The van der Waals surface area contributed by atoms with Crippen LogP contribution in [0.4, 0.5) is 0 Å². The summed E-state index contributed by atoms with van der Waals surface area (Å²) >= 11 is 0. The van der Waals surface area contributed by atoms with Crippen LogP contribution >= 0.6 is 0 Å². The van der Waals surface area contributed by atoms with Crippen LogP contribution in [-0.2, 0) is 14.8 Å². The van der Waals surface area contributed by atoms with Crippen molar-refractivity contribution in [2.24, 2.45) is 5.92 Å². The molecule has 1 aliphatic heterocycles. The van der Waals surface area contributed by atoms with Crippen LogP contribution in [0.15, 0.2) is 0 Å². The molecule has 13 heavy (non-hydrogen) atoms. The molecule has 0 aliphatic carbocycles. The highest BCUT2D eigenvalue weighted by atomic mass is 32.2. The highest BCUT2D eigenvalue weighted by Gasteiger charge is 2.40. The van der Waals surface area contributed by atoms with E-state index in [4.69, 9.17) is 5.11 Å². The number of sulfonamides is 1. The molecule has 0 spiro atoms. The molecular formula is C7H13NO4S. The summed E-state index contributed by atoms with van der Waals surface area (Å²) in [5.41, 5.74) is 0. The average Bonchev–Trinajstić information content (AvgIpc) is 1.79. The van der Waals surface area contributed by atoms with Gasteiger partial charge in [-0.3, -0.25) is 4.79 Å². The lowest BCUT2D eigenvalue weighted by Gasteiger charge is -2.40. The van der Waals surface area contributed by atoms with Crippen molar-refractivity contribution in [2.75, 3.05) is 12.8 Å². The Labute approximate surface area is 77.4 Å². The fourth-order valence-corrected chi connectivity index (χ4v) is 2.68. The van der Waals surface area contributed by atoms with E-state index in [2.05, 4.69) is 0 Å². The third-order valence-electron chi connectivity index (χ3n) is 2.41. The maximum Gasteiger partial charge on any atom is 0.307 e. The van der Waals surface area contributed by atoms with Crippen molar-refractivity contribution < 1.29 is 18.3 Å². The maximum atomic E-state index is 11.1. The summed E-state index contributed by atoms with van der Waals surface area (Å²) in [7, 11) is -3.22. The first-order valence-corrected chi connectivity index (χ1v) is 5.88. The van der Waals surface area contributed by atoms with Gasteiger partial charge in [0.25, 0.3) is 0 Å². The van der Waals surface area contributed by atoms with E-state index in [1.54, 1.807) is 0 Å². The van der Waals surface area contributed by atoms with Gasteiger partial charge in [0, 0.05) is 12.6 Å². The quantitative estimate of drug-likeness (QED) is 0.692. The first kappa shape index (κ1) is 10.5. The Kier molecular flexibility index (Phi) is 2.63. The van der Waals surface area contributed by atoms with Crippen LogP contribution in [0.1, 0.15) is 13.3 Å². The molecule has 0 radical (unpaired) electrons. The molecule has 2 unspecified atom stereocenters. The van der Waals surface area contributed by atoms with E-state index < -0.39 is 21.9 Å². The van der Waals surface area contributed by atoms with Gasteiger partial charge in [-0.25, -0.2) is 8.42 Å². The van der Waals surface area contributed by atoms with Crippen molar-refractivity contribution in [3.05, 3.63) is 0 Å². The summed E-state index contributed by atoms with van der Waals surface area (Å²) in [5, 5.41) is 8.68. The number of carboxylic acids is 1. The molecule has 6 heteroatoms. The van der Waals surface area contributed by atoms with Crippen LogP contribution in [0.5, 0.6) is 0 Å². The Morgan fingerprint density at radius 2 is 2.15 bits per heavy atom. The van der Waals surface area contributed by atoms with Crippen molar-refractivity contribution in [3.8, 4) is 0 Å². The standard InChI is InChI=1S/C7H13NO4S/c1-5(7(9)10)6-3-4-8(6)13(2,11)12/h5-6H,3-4H2,1-2H3,(H,9,10). The second-order valence-corrected chi connectivity index (χ2v) is 5.29. The molecule has 2 atom stereocenters. The molecule has 1 heterocycles. The molecule has 1 aliphatic rings. The second kappa shape index (κ2) is 3.26. The van der Waals surface area contributed by atoms with Gasteiger partial charge in [-0.2, -0.15) is 4.31 Å². The molecular weight excluding hydrogens is 194 g/mol. The van der Waals surface area contributed by atoms with Crippen LogP contribution in [0.25, 0.3) is 0 Å². The van der Waals surface area contributed by atoms with Gasteiger partial charge in [-0.05, 0) is 6.42 Å². The van der Waals surface area contributed by atoms with Crippen molar-refractivity contribution in [2.45, 2.75) is 19.4 Å². The maximum absolute atomic E-state index is 11.1. The van der Waals surface area contributed by atoms with Gasteiger partial charge in [0.15, 0.2) is 0 Å². The number of hydrogen-bond donors (Lipinski definition) is 1. The van der Waals surface area contributed by atoms with E-state index in [1.165, 1.54) is 11.2 Å². The molecule has 76 valence electrons. The van der Waals surface area contributed by atoms with Gasteiger partial charge in [-0.15, -0.1) is 0 Å². The van der Waals surface area contributed by atoms with Crippen LogP contribution < -0.4 is 0 Å². The predicted molar refractivity (Wildman–Crippen MR) is 46.8 cm³/mol. The highest BCUT2D eigenvalue weighted by molar-refractivity contribution is 7.88. The van der Waals surface area contributed by atoms with E-state index in [-0.39, 0.29) is 6.04 Å².